The van der Waals surface area contributed by atoms with E-state index in [1.165, 1.54) is 37.3 Å². The van der Waals surface area contributed by atoms with Crippen LogP contribution >= 0.6 is 0 Å². The fourth-order valence-corrected chi connectivity index (χ4v) is 4.34. The summed E-state index contributed by atoms with van der Waals surface area (Å²) in [5, 5.41) is 1.54. The van der Waals surface area contributed by atoms with Crippen molar-refractivity contribution in [1.29, 1.82) is 0 Å². The summed E-state index contributed by atoms with van der Waals surface area (Å²) >= 11 is 0. The highest BCUT2D eigenvalue weighted by molar-refractivity contribution is 7.91. The van der Waals surface area contributed by atoms with Crippen LogP contribution in [0.1, 0.15) is 31.1 Å². The van der Waals surface area contributed by atoms with Gasteiger partial charge in [-0.15, -0.1) is 0 Å². The molecule has 0 saturated carbocycles. The number of benzene rings is 2. The molecule has 1 heterocycles. The Morgan fingerprint density at radius 1 is 1.08 bits per heavy atom. The van der Waals surface area contributed by atoms with Crippen molar-refractivity contribution >= 4 is 27.2 Å². The van der Waals surface area contributed by atoms with Crippen LogP contribution in [-0.2, 0) is 14.6 Å². The third-order valence-electron chi connectivity index (χ3n) is 4.33. The molecule has 0 atom stereocenters. The first-order valence-electron chi connectivity index (χ1n) is 8.17. The Labute approximate surface area is 152 Å². The molecule has 0 aromatic heterocycles. The van der Waals surface area contributed by atoms with Crippen molar-refractivity contribution < 1.29 is 18.0 Å². The minimum absolute atomic E-state index is 0.0744. The summed E-state index contributed by atoms with van der Waals surface area (Å²) in [6.07, 6.45) is 0. The maximum absolute atomic E-state index is 12.9. The van der Waals surface area contributed by atoms with Crippen LogP contribution in [0.5, 0.6) is 0 Å². The lowest BCUT2D eigenvalue weighted by molar-refractivity contribution is -0.119. The number of amides is 1. The van der Waals surface area contributed by atoms with E-state index in [0.717, 1.165) is 0 Å². The van der Waals surface area contributed by atoms with E-state index < -0.39 is 15.3 Å². The van der Waals surface area contributed by atoms with E-state index in [1.807, 2.05) is 0 Å². The van der Waals surface area contributed by atoms with Gasteiger partial charge < -0.3 is 0 Å². The molecule has 0 radical (unpaired) electrons. The zero-order chi connectivity index (χ0) is 19.1. The van der Waals surface area contributed by atoms with Gasteiger partial charge in [0.15, 0.2) is 5.78 Å². The van der Waals surface area contributed by atoms with Gasteiger partial charge >= 0.3 is 0 Å². The maximum Gasteiger partial charge on any atom is 0.235 e. The molecule has 0 unspecified atom stereocenters. The van der Waals surface area contributed by atoms with Gasteiger partial charge in [0.1, 0.15) is 0 Å². The van der Waals surface area contributed by atoms with Crippen LogP contribution < -0.4 is 10.4 Å². The monoisotopic (exact) mass is 372 g/mol. The molecule has 3 rings (SSSR count). The van der Waals surface area contributed by atoms with Crippen molar-refractivity contribution in [3.8, 4) is 0 Å². The lowest BCUT2D eigenvalue weighted by Gasteiger charge is -2.39. The zero-order valence-electron chi connectivity index (χ0n) is 14.8. The van der Waals surface area contributed by atoms with Gasteiger partial charge in [0, 0.05) is 17.9 Å². The number of carbonyl (C=O) groups is 2. The summed E-state index contributed by atoms with van der Waals surface area (Å²) in [5.74, 6) is -0.379. The second-order valence-electron chi connectivity index (χ2n) is 6.96. The molecule has 136 valence electrons. The molecule has 1 N–H and O–H groups in total. The van der Waals surface area contributed by atoms with E-state index in [1.54, 1.807) is 37.1 Å². The fraction of sp³-hybridized carbons (Fsp3) is 0.263. The molecule has 1 aliphatic heterocycles. The highest BCUT2D eigenvalue weighted by atomic mass is 32.2. The first-order chi connectivity index (χ1) is 12.1. The van der Waals surface area contributed by atoms with Crippen LogP contribution in [0.2, 0.25) is 0 Å². The van der Waals surface area contributed by atoms with Crippen LogP contribution in [0.4, 0.5) is 5.69 Å². The van der Waals surface area contributed by atoms with Crippen LogP contribution in [0.3, 0.4) is 0 Å². The Morgan fingerprint density at radius 2 is 1.73 bits per heavy atom. The van der Waals surface area contributed by atoms with Crippen molar-refractivity contribution in [2.24, 2.45) is 5.41 Å². The van der Waals surface area contributed by atoms with Crippen molar-refractivity contribution in [1.82, 2.24) is 5.43 Å². The van der Waals surface area contributed by atoms with Crippen LogP contribution in [-0.4, -0.2) is 26.7 Å². The van der Waals surface area contributed by atoms with E-state index in [4.69, 9.17) is 0 Å². The molecule has 0 aliphatic carbocycles. The molecule has 7 heteroatoms. The highest BCUT2D eigenvalue weighted by Gasteiger charge is 2.39. The Morgan fingerprint density at radius 3 is 2.35 bits per heavy atom. The predicted molar refractivity (Wildman–Crippen MR) is 97.6 cm³/mol. The molecule has 0 saturated heterocycles. The summed E-state index contributed by atoms with van der Waals surface area (Å²) in [7, 11) is -3.72. The number of carbonyl (C=O) groups excluding carboxylic acids is 2. The van der Waals surface area contributed by atoms with Gasteiger partial charge in [0.05, 0.1) is 22.0 Å². The molecule has 2 aromatic rings. The Kier molecular flexibility index (Phi) is 4.36. The largest absolute Gasteiger partial charge is 0.293 e. The van der Waals surface area contributed by atoms with Crippen molar-refractivity contribution in [3.63, 3.8) is 0 Å². The van der Waals surface area contributed by atoms with Crippen LogP contribution in [0.25, 0.3) is 0 Å². The lowest BCUT2D eigenvalue weighted by atomic mass is 9.80. The molecule has 1 amide bonds. The fourth-order valence-electron chi connectivity index (χ4n) is 3.04. The van der Waals surface area contributed by atoms with Gasteiger partial charge in [0.25, 0.3) is 0 Å². The standard InChI is InChI=1S/C19H20N2O4S/c1-13(22)20-21-12-19(2,3)18(23)16-10-9-15(11-17(16)21)26(24,25)14-7-5-4-6-8-14/h4-11H,12H2,1-3H3,(H,20,22). The molecule has 0 bridgehead atoms. The molecule has 2 aromatic carbocycles. The summed E-state index contributed by atoms with van der Waals surface area (Å²) in [6, 6.07) is 12.5. The zero-order valence-corrected chi connectivity index (χ0v) is 15.6. The van der Waals surface area contributed by atoms with Gasteiger partial charge in [-0.25, -0.2) is 8.42 Å². The number of rotatable bonds is 3. The number of hydrogen-bond donors (Lipinski definition) is 1. The molecule has 0 fully saturated rings. The average molecular weight is 372 g/mol. The van der Waals surface area contributed by atoms with E-state index in [-0.39, 0.29) is 28.0 Å². The Balaban J connectivity index is 2.14. The lowest BCUT2D eigenvalue weighted by Crippen LogP contribution is -2.52. The molecule has 0 spiro atoms. The van der Waals surface area contributed by atoms with Crippen molar-refractivity contribution in [2.45, 2.75) is 30.6 Å². The number of fused-ring (bicyclic) bond motifs is 1. The molecular formula is C19H20N2O4S. The number of sulfone groups is 1. The van der Waals surface area contributed by atoms with E-state index in [2.05, 4.69) is 5.43 Å². The number of hydrogen-bond acceptors (Lipinski definition) is 5. The molecular weight excluding hydrogens is 352 g/mol. The third-order valence-corrected chi connectivity index (χ3v) is 6.10. The SMILES string of the molecule is CC(=O)NN1CC(C)(C)C(=O)c2ccc(S(=O)(=O)c3ccccc3)cc21. The average Bonchev–Trinajstić information content (AvgIpc) is 2.59. The van der Waals surface area contributed by atoms with Gasteiger partial charge in [-0.05, 0) is 30.3 Å². The second kappa shape index (κ2) is 6.25. The van der Waals surface area contributed by atoms with Gasteiger partial charge in [-0.2, -0.15) is 0 Å². The second-order valence-corrected chi connectivity index (χ2v) is 8.91. The van der Waals surface area contributed by atoms with Crippen LogP contribution in [0, 0.1) is 5.41 Å². The number of Topliss-reactive ketones (excluding diaryl/α,β-unsaturated/α-hetero) is 1. The summed E-state index contributed by atoms with van der Waals surface area (Å²) in [4.78, 5) is 24.5. The highest BCUT2D eigenvalue weighted by Crippen LogP contribution is 2.37. The number of hydrazine groups is 1. The van der Waals surface area contributed by atoms with E-state index in [9.17, 15) is 18.0 Å². The minimum Gasteiger partial charge on any atom is -0.293 e. The number of nitrogens with zero attached hydrogens (tertiary/aromatic N) is 1. The Hall–Kier alpha value is -2.67. The smallest absolute Gasteiger partial charge is 0.235 e. The van der Waals surface area contributed by atoms with Gasteiger partial charge in [-0.3, -0.25) is 20.0 Å². The number of nitrogens with one attached hydrogen (secondary N) is 1. The summed E-state index contributed by atoms with van der Waals surface area (Å²) < 4.78 is 25.7. The predicted octanol–water partition coefficient (Wildman–Crippen LogP) is 2.60. The van der Waals surface area contributed by atoms with E-state index in [0.29, 0.717) is 11.3 Å². The topological polar surface area (TPSA) is 83.6 Å². The van der Waals surface area contributed by atoms with E-state index >= 15 is 0 Å². The normalized spacial score (nSPS) is 16.1. The van der Waals surface area contributed by atoms with Crippen LogP contribution in [0.15, 0.2) is 58.3 Å². The van der Waals surface area contributed by atoms with Crippen molar-refractivity contribution in [2.75, 3.05) is 11.6 Å². The first-order valence-corrected chi connectivity index (χ1v) is 9.65. The first kappa shape index (κ1) is 18.1. The number of anilines is 1. The minimum atomic E-state index is -3.72. The Bertz CT molecular complexity index is 982. The summed E-state index contributed by atoms with van der Waals surface area (Å²) in [5.41, 5.74) is 2.76. The third kappa shape index (κ3) is 3.10. The molecule has 1 aliphatic rings. The number of ketones is 1. The van der Waals surface area contributed by atoms with Gasteiger partial charge in [-0.1, -0.05) is 32.0 Å². The molecule has 26 heavy (non-hydrogen) atoms. The van der Waals surface area contributed by atoms with Gasteiger partial charge in [0.2, 0.25) is 15.7 Å². The maximum atomic E-state index is 12.9. The van der Waals surface area contributed by atoms with Crippen molar-refractivity contribution in [3.05, 3.63) is 54.1 Å². The molecule has 6 nitrogen and oxygen atoms in total. The summed E-state index contributed by atoms with van der Waals surface area (Å²) in [6.45, 7) is 5.21. The quantitative estimate of drug-likeness (QED) is 0.895.